The van der Waals surface area contributed by atoms with Gasteiger partial charge in [0.1, 0.15) is 0 Å². The van der Waals surface area contributed by atoms with E-state index in [0.29, 0.717) is 6.04 Å². The molecule has 0 bridgehead atoms. The van der Waals surface area contributed by atoms with Gasteiger partial charge in [-0.3, -0.25) is 9.80 Å². The number of nitrogens with zero attached hydrogens (tertiary/aromatic N) is 2. The minimum atomic E-state index is 0.710. The third-order valence-electron chi connectivity index (χ3n) is 4.29. The maximum atomic E-state index is 3.68. The first-order valence-electron chi connectivity index (χ1n) is 7.42. The molecule has 0 aromatic carbocycles. The van der Waals surface area contributed by atoms with E-state index in [1.54, 1.807) is 0 Å². The Morgan fingerprint density at radius 2 is 1.65 bits per heavy atom. The highest BCUT2D eigenvalue weighted by molar-refractivity contribution is 4.85. The van der Waals surface area contributed by atoms with Crippen molar-refractivity contribution < 1.29 is 0 Å². The summed E-state index contributed by atoms with van der Waals surface area (Å²) in [4.78, 5) is 5.28. The average Bonchev–Trinajstić information content (AvgIpc) is 3.14. The Labute approximate surface area is 107 Å². The molecule has 0 radical (unpaired) electrons. The summed E-state index contributed by atoms with van der Waals surface area (Å²) in [6, 6.07) is 2.31. The van der Waals surface area contributed by atoms with Gasteiger partial charge in [0.05, 0.1) is 0 Å². The molecule has 1 heterocycles. The Morgan fingerprint density at radius 1 is 1.06 bits per heavy atom. The van der Waals surface area contributed by atoms with Gasteiger partial charge >= 0.3 is 0 Å². The quantitative estimate of drug-likeness (QED) is 0.758. The molecule has 1 unspecified atom stereocenters. The van der Waals surface area contributed by atoms with E-state index in [1.807, 2.05) is 0 Å². The molecule has 1 atom stereocenters. The number of rotatable bonds is 6. The summed E-state index contributed by atoms with van der Waals surface area (Å²) in [6.45, 7) is 13.1. The van der Waals surface area contributed by atoms with Crippen molar-refractivity contribution in [2.75, 3.05) is 32.7 Å². The number of hydrogen-bond donors (Lipinski definition) is 1. The molecule has 100 valence electrons. The first-order valence-corrected chi connectivity index (χ1v) is 7.42. The van der Waals surface area contributed by atoms with Crippen molar-refractivity contribution in [2.45, 2.75) is 58.2 Å². The number of nitrogens with one attached hydrogen (secondary N) is 1. The lowest BCUT2D eigenvalue weighted by Crippen LogP contribution is -2.54. The van der Waals surface area contributed by atoms with Gasteiger partial charge in [-0.15, -0.1) is 0 Å². The third-order valence-corrected chi connectivity index (χ3v) is 4.29. The fraction of sp³-hybridized carbons (Fsp3) is 1.00. The minimum Gasteiger partial charge on any atom is -0.312 e. The maximum Gasteiger partial charge on any atom is 0.0219 e. The molecule has 0 aromatic rings. The Morgan fingerprint density at radius 3 is 2.12 bits per heavy atom. The van der Waals surface area contributed by atoms with Crippen LogP contribution in [0.2, 0.25) is 0 Å². The summed E-state index contributed by atoms with van der Waals surface area (Å²) in [5, 5.41) is 3.68. The predicted molar refractivity (Wildman–Crippen MR) is 73.4 cm³/mol. The highest BCUT2D eigenvalue weighted by Crippen LogP contribution is 2.19. The van der Waals surface area contributed by atoms with E-state index < -0.39 is 0 Å². The molecular formula is C14H29N3. The van der Waals surface area contributed by atoms with Gasteiger partial charge in [0.2, 0.25) is 0 Å². The first-order chi connectivity index (χ1) is 8.20. The lowest BCUT2D eigenvalue weighted by Gasteiger charge is -2.40. The minimum absolute atomic E-state index is 0.710. The van der Waals surface area contributed by atoms with Gasteiger partial charge in [-0.1, -0.05) is 6.92 Å². The monoisotopic (exact) mass is 239 g/mol. The van der Waals surface area contributed by atoms with Crippen LogP contribution in [0.15, 0.2) is 0 Å². The second kappa shape index (κ2) is 6.17. The summed E-state index contributed by atoms with van der Waals surface area (Å²) < 4.78 is 0. The van der Waals surface area contributed by atoms with Crippen LogP contribution in [0.3, 0.4) is 0 Å². The van der Waals surface area contributed by atoms with Gasteiger partial charge in [-0.05, 0) is 33.1 Å². The second-order valence-corrected chi connectivity index (χ2v) is 5.91. The van der Waals surface area contributed by atoms with Crippen molar-refractivity contribution in [3.63, 3.8) is 0 Å². The summed E-state index contributed by atoms with van der Waals surface area (Å²) in [6.07, 6.45) is 4.08. The molecule has 1 N–H and O–H groups in total. The van der Waals surface area contributed by atoms with E-state index in [9.17, 15) is 0 Å². The van der Waals surface area contributed by atoms with Crippen molar-refractivity contribution in [3.8, 4) is 0 Å². The van der Waals surface area contributed by atoms with E-state index in [0.717, 1.165) is 12.1 Å². The average molecular weight is 239 g/mol. The molecule has 1 saturated heterocycles. The molecule has 3 nitrogen and oxygen atoms in total. The number of piperazine rings is 1. The van der Waals surface area contributed by atoms with Crippen molar-refractivity contribution in [2.24, 2.45) is 0 Å². The van der Waals surface area contributed by atoms with E-state index in [1.165, 1.54) is 52.0 Å². The SMILES string of the molecule is CCC(CNC1CC1)N1CCN(C(C)C)CC1. The van der Waals surface area contributed by atoms with E-state index in [4.69, 9.17) is 0 Å². The molecule has 0 amide bonds. The van der Waals surface area contributed by atoms with Crippen molar-refractivity contribution >= 4 is 0 Å². The van der Waals surface area contributed by atoms with Crippen LogP contribution in [0, 0.1) is 0 Å². The van der Waals surface area contributed by atoms with Gasteiger partial charge in [0.15, 0.2) is 0 Å². The maximum absolute atomic E-state index is 3.68. The van der Waals surface area contributed by atoms with E-state index in [2.05, 4.69) is 35.9 Å². The molecule has 0 spiro atoms. The van der Waals surface area contributed by atoms with Gasteiger partial charge in [-0.2, -0.15) is 0 Å². The lowest BCUT2D eigenvalue weighted by molar-refractivity contribution is 0.0761. The van der Waals surface area contributed by atoms with E-state index in [-0.39, 0.29) is 0 Å². The van der Waals surface area contributed by atoms with Crippen molar-refractivity contribution in [1.29, 1.82) is 0 Å². The van der Waals surface area contributed by atoms with Crippen LogP contribution in [-0.2, 0) is 0 Å². The van der Waals surface area contributed by atoms with Gasteiger partial charge in [0.25, 0.3) is 0 Å². The molecule has 17 heavy (non-hydrogen) atoms. The largest absolute Gasteiger partial charge is 0.312 e. The van der Waals surface area contributed by atoms with Crippen molar-refractivity contribution in [3.05, 3.63) is 0 Å². The van der Waals surface area contributed by atoms with Crippen LogP contribution in [0.4, 0.5) is 0 Å². The summed E-state index contributed by atoms with van der Waals surface area (Å²) in [5.41, 5.74) is 0. The predicted octanol–water partition coefficient (Wildman–Crippen LogP) is 1.54. The summed E-state index contributed by atoms with van der Waals surface area (Å²) in [5.74, 6) is 0. The Bertz CT molecular complexity index is 218. The van der Waals surface area contributed by atoms with E-state index >= 15 is 0 Å². The molecule has 0 aromatic heterocycles. The van der Waals surface area contributed by atoms with Gasteiger partial charge in [-0.25, -0.2) is 0 Å². The topological polar surface area (TPSA) is 18.5 Å². The molecule has 2 rings (SSSR count). The highest BCUT2D eigenvalue weighted by atomic mass is 15.3. The van der Waals surface area contributed by atoms with Gasteiger partial charge in [0, 0.05) is 50.8 Å². The van der Waals surface area contributed by atoms with Crippen LogP contribution in [-0.4, -0.2) is 60.6 Å². The fourth-order valence-electron chi connectivity index (χ4n) is 2.74. The van der Waals surface area contributed by atoms with Crippen LogP contribution in [0.25, 0.3) is 0 Å². The lowest BCUT2D eigenvalue weighted by atomic mass is 10.1. The Balaban J connectivity index is 1.72. The van der Waals surface area contributed by atoms with Crippen LogP contribution in [0.5, 0.6) is 0 Å². The Kier molecular flexibility index (Phi) is 4.83. The molecule has 1 aliphatic carbocycles. The molecular weight excluding hydrogens is 210 g/mol. The zero-order chi connectivity index (χ0) is 12.3. The zero-order valence-corrected chi connectivity index (χ0v) is 11.8. The second-order valence-electron chi connectivity index (χ2n) is 5.91. The number of hydrogen-bond acceptors (Lipinski definition) is 3. The normalized spacial score (nSPS) is 25.4. The molecule has 2 aliphatic rings. The highest BCUT2D eigenvalue weighted by Gasteiger charge is 2.26. The van der Waals surface area contributed by atoms with Crippen LogP contribution in [0.1, 0.15) is 40.0 Å². The summed E-state index contributed by atoms with van der Waals surface area (Å²) in [7, 11) is 0. The van der Waals surface area contributed by atoms with Crippen LogP contribution >= 0.6 is 0 Å². The van der Waals surface area contributed by atoms with Crippen molar-refractivity contribution in [1.82, 2.24) is 15.1 Å². The molecule has 1 saturated carbocycles. The van der Waals surface area contributed by atoms with Gasteiger partial charge < -0.3 is 5.32 Å². The molecule has 1 aliphatic heterocycles. The Hall–Kier alpha value is -0.120. The smallest absolute Gasteiger partial charge is 0.0219 e. The summed E-state index contributed by atoms with van der Waals surface area (Å²) >= 11 is 0. The third kappa shape index (κ3) is 3.94. The molecule has 2 fully saturated rings. The fourth-order valence-corrected chi connectivity index (χ4v) is 2.74. The zero-order valence-electron chi connectivity index (χ0n) is 11.8. The standard InChI is InChI=1S/C14H29N3/c1-4-14(11-15-13-5-6-13)17-9-7-16(8-10-17)12(2)3/h12-15H,4-11H2,1-3H3. The first kappa shape index (κ1) is 13.3. The van der Waals surface area contributed by atoms with Crippen LogP contribution < -0.4 is 5.32 Å². The molecule has 3 heteroatoms.